The molecule has 2 atom stereocenters. The number of fused-ring (bicyclic) bond motifs is 1. The number of rotatable bonds is 7. The summed E-state index contributed by atoms with van der Waals surface area (Å²) in [6.45, 7) is 5.39. The number of piperidine rings is 1. The molecule has 7 nitrogen and oxygen atoms in total. The van der Waals surface area contributed by atoms with Crippen molar-refractivity contribution >= 4 is 40.5 Å². The Balaban J connectivity index is 1.73. The summed E-state index contributed by atoms with van der Waals surface area (Å²) >= 11 is 1.64. The number of aromatic nitrogens is 2. The van der Waals surface area contributed by atoms with Crippen LogP contribution < -0.4 is 10.2 Å². The largest absolute Gasteiger partial charge is 0.467 e. The van der Waals surface area contributed by atoms with E-state index >= 15 is 0 Å². The molecule has 0 bridgehead atoms. The highest BCUT2D eigenvalue weighted by Gasteiger charge is 2.30. The van der Waals surface area contributed by atoms with E-state index in [1.807, 2.05) is 20.1 Å². The zero-order valence-corrected chi connectivity index (χ0v) is 18.9. The lowest BCUT2D eigenvalue weighted by atomic mass is 9.97. The number of esters is 1. The number of nitrogens with zero attached hydrogens (tertiary/aromatic N) is 3. The van der Waals surface area contributed by atoms with Crippen LogP contribution in [0, 0.1) is 19.8 Å². The summed E-state index contributed by atoms with van der Waals surface area (Å²) in [5, 5.41) is 3.95. The summed E-state index contributed by atoms with van der Waals surface area (Å²) in [5.41, 5.74) is 3.01. The summed E-state index contributed by atoms with van der Waals surface area (Å²) in [4.78, 5) is 36.5. The van der Waals surface area contributed by atoms with Crippen LogP contribution in [0.1, 0.15) is 30.5 Å². The molecule has 1 amide bonds. The summed E-state index contributed by atoms with van der Waals surface area (Å²) in [5.74, 6) is 0.728. The van der Waals surface area contributed by atoms with Crippen LogP contribution >= 0.6 is 11.8 Å². The van der Waals surface area contributed by atoms with Crippen LogP contribution in [0.3, 0.4) is 0 Å². The van der Waals surface area contributed by atoms with Gasteiger partial charge in [-0.25, -0.2) is 14.8 Å². The van der Waals surface area contributed by atoms with E-state index < -0.39 is 12.0 Å². The van der Waals surface area contributed by atoms with Gasteiger partial charge in [0.2, 0.25) is 11.9 Å². The second kappa shape index (κ2) is 10.1. The molecular formula is C22H30N4O3S. The van der Waals surface area contributed by atoms with Crippen LogP contribution in [0.2, 0.25) is 0 Å². The normalized spacial score (nSPS) is 17.6. The van der Waals surface area contributed by atoms with Gasteiger partial charge in [0.15, 0.2) is 0 Å². The van der Waals surface area contributed by atoms with Gasteiger partial charge in [0.25, 0.3) is 0 Å². The van der Waals surface area contributed by atoms with Crippen molar-refractivity contribution in [3.8, 4) is 0 Å². The Hall–Kier alpha value is -2.35. The Kier molecular flexibility index (Phi) is 7.53. The Morgan fingerprint density at radius 1 is 1.33 bits per heavy atom. The van der Waals surface area contributed by atoms with Gasteiger partial charge in [-0.1, -0.05) is 12.1 Å². The van der Waals surface area contributed by atoms with Gasteiger partial charge in [0.1, 0.15) is 6.04 Å². The zero-order chi connectivity index (χ0) is 21.7. The number of nitrogens with one attached hydrogen (secondary N) is 1. The molecule has 8 heteroatoms. The lowest BCUT2D eigenvalue weighted by Crippen LogP contribution is -2.49. The van der Waals surface area contributed by atoms with E-state index in [1.165, 1.54) is 7.11 Å². The van der Waals surface area contributed by atoms with Gasteiger partial charge in [0, 0.05) is 18.5 Å². The number of benzene rings is 1. The Labute approximate surface area is 182 Å². The highest BCUT2D eigenvalue weighted by atomic mass is 32.2. The Morgan fingerprint density at radius 2 is 2.13 bits per heavy atom. The summed E-state index contributed by atoms with van der Waals surface area (Å²) < 4.78 is 4.86. The van der Waals surface area contributed by atoms with E-state index in [1.54, 1.807) is 11.8 Å². The molecule has 1 fully saturated rings. The van der Waals surface area contributed by atoms with E-state index in [-0.39, 0.29) is 11.8 Å². The first-order valence-corrected chi connectivity index (χ1v) is 11.7. The van der Waals surface area contributed by atoms with Gasteiger partial charge in [-0.3, -0.25) is 4.79 Å². The van der Waals surface area contributed by atoms with E-state index in [9.17, 15) is 9.59 Å². The van der Waals surface area contributed by atoms with Gasteiger partial charge in [-0.2, -0.15) is 11.8 Å². The van der Waals surface area contributed by atoms with Crippen LogP contribution in [0.4, 0.5) is 5.95 Å². The third kappa shape index (κ3) is 5.22. The summed E-state index contributed by atoms with van der Waals surface area (Å²) in [7, 11) is 1.35. The number of carbonyl (C=O) groups is 2. The highest BCUT2D eigenvalue weighted by molar-refractivity contribution is 7.98. The molecule has 1 aliphatic heterocycles. The quantitative estimate of drug-likeness (QED) is 0.676. The third-order valence-electron chi connectivity index (χ3n) is 5.52. The SMILES string of the molecule is COC(=O)C(CCSC)NC(=O)C1CCCN(c2nc(C)c3ccc(C)cc3n2)C1. The molecule has 3 rings (SSSR count). The number of thioether (sulfide) groups is 1. The first-order chi connectivity index (χ1) is 14.4. The maximum Gasteiger partial charge on any atom is 0.328 e. The fourth-order valence-corrected chi connectivity index (χ4v) is 4.29. The number of amides is 1. The number of carbonyl (C=O) groups excluding carboxylic acids is 2. The van der Waals surface area contributed by atoms with Crippen LogP contribution in [0.5, 0.6) is 0 Å². The minimum atomic E-state index is -0.604. The van der Waals surface area contributed by atoms with E-state index in [0.29, 0.717) is 18.9 Å². The maximum absolute atomic E-state index is 12.9. The minimum absolute atomic E-state index is 0.107. The molecule has 1 aromatic carbocycles. The van der Waals surface area contributed by atoms with E-state index in [0.717, 1.165) is 47.3 Å². The molecule has 1 aromatic heterocycles. The number of hydrogen-bond acceptors (Lipinski definition) is 7. The van der Waals surface area contributed by atoms with Gasteiger partial charge in [-0.15, -0.1) is 0 Å². The van der Waals surface area contributed by atoms with Crippen molar-refractivity contribution in [2.24, 2.45) is 5.92 Å². The lowest BCUT2D eigenvalue weighted by Gasteiger charge is -2.33. The van der Waals surface area contributed by atoms with Crippen LogP contribution in [-0.4, -0.2) is 60.1 Å². The average molecular weight is 431 g/mol. The molecule has 1 N–H and O–H groups in total. The number of hydrogen-bond donors (Lipinski definition) is 1. The molecule has 2 heterocycles. The van der Waals surface area contributed by atoms with Gasteiger partial charge in [-0.05, 0) is 56.7 Å². The average Bonchev–Trinajstić information content (AvgIpc) is 2.75. The fourth-order valence-electron chi connectivity index (χ4n) is 3.81. The van der Waals surface area contributed by atoms with Crippen LogP contribution in [0.15, 0.2) is 18.2 Å². The molecule has 0 aliphatic carbocycles. The molecule has 0 radical (unpaired) electrons. The van der Waals surface area contributed by atoms with Crippen molar-refractivity contribution in [1.29, 1.82) is 0 Å². The Morgan fingerprint density at radius 3 is 2.87 bits per heavy atom. The zero-order valence-electron chi connectivity index (χ0n) is 18.1. The van der Waals surface area contributed by atoms with E-state index in [2.05, 4.69) is 28.4 Å². The minimum Gasteiger partial charge on any atom is -0.467 e. The number of aryl methyl sites for hydroxylation is 2. The molecular weight excluding hydrogens is 400 g/mol. The predicted octanol–water partition coefficient (Wildman–Crippen LogP) is 2.87. The van der Waals surface area contributed by atoms with Crippen molar-refractivity contribution in [3.05, 3.63) is 29.5 Å². The van der Waals surface area contributed by atoms with Crippen molar-refractivity contribution in [3.63, 3.8) is 0 Å². The van der Waals surface area contributed by atoms with Gasteiger partial charge in [0.05, 0.1) is 24.2 Å². The topological polar surface area (TPSA) is 84.4 Å². The van der Waals surface area contributed by atoms with Crippen molar-refractivity contribution in [1.82, 2.24) is 15.3 Å². The van der Waals surface area contributed by atoms with Crippen molar-refractivity contribution in [2.45, 2.75) is 39.2 Å². The third-order valence-corrected chi connectivity index (χ3v) is 6.16. The van der Waals surface area contributed by atoms with Gasteiger partial charge >= 0.3 is 5.97 Å². The second-order valence-corrected chi connectivity index (χ2v) is 8.77. The lowest BCUT2D eigenvalue weighted by molar-refractivity contribution is -0.145. The molecule has 1 aliphatic rings. The fraction of sp³-hybridized carbons (Fsp3) is 0.545. The molecule has 2 aromatic rings. The summed E-state index contributed by atoms with van der Waals surface area (Å²) in [6, 6.07) is 5.58. The van der Waals surface area contributed by atoms with Crippen molar-refractivity contribution < 1.29 is 14.3 Å². The van der Waals surface area contributed by atoms with Crippen molar-refractivity contribution in [2.75, 3.05) is 37.1 Å². The molecule has 0 spiro atoms. The smallest absolute Gasteiger partial charge is 0.328 e. The first-order valence-electron chi connectivity index (χ1n) is 10.3. The molecule has 0 saturated carbocycles. The van der Waals surface area contributed by atoms with E-state index in [4.69, 9.17) is 14.7 Å². The molecule has 2 unspecified atom stereocenters. The highest BCUT2D eigenvalue weighted by Crippen LogP contribution is 2.25. The maximum atomic E-state index is 12.9. The number of methoxy groups -OCH3 is 1. The first kappa shape index (κ1) is 22.3. The summed E-state index contributed by atoms with van der Waals surface area (Å²) in [6.07, 6.45) is 4.19. The van der Waals surface area contributed by atoms with Crippen LogP contribution in [0.25, 0.3) is 10.9 Å². The molecule has 162 valence electrons. The number of ether oxygens (including phenoxy) is 1. The van der Waals surface area contributed by atoms with Crippen LogP contribution in [-0.2, 0) is 14.3 Å². The number of anilines is 1. The van der Waals surface area contributed by atoms with Gasteiger partial charge < -0.3 is 15.0 Å². The molecule has 1 saturated heterocycles. The standard InChI is InChI=1S/C22H30N4O3S/c1-14-7-8-17-15(2)23-22(25-19(17)12-14)26-10-5-6-16(13-26)20(27)24-18(9-11-30-4)21(28)29-3/h7-8,12,16,18H,5-6,9-11,13H2,1-4H3,(H,24,27). The second-order valence-electron chi connectivity index (χ2n) is 7.78. The predicted molar refractivity (Wildman–Crippen MR) is 121 cm³/mol. The molecule has 30 heavy (non-hydrogen) atoms. The Bertz CT molecular complexity index is 921. The monoisotopic (exact) mass is 430 g/mol.